The van der Waals surface area contributed by atoms with Gasteiger partial charge in [-0.25, -0.2) is 0 Å². The van der Waals surface area contributed by atoms with E-state index in [4.69, 9.17) is 17.7 Å². The van der Waals surface area contributed by atoms with Crippen LogP contribution in [-0.2, 0) is 22.5 Å². The third kappa shape index (κ3) is 9.64. The van der Waals surface area contributed by atoms with Crippen LogP contribution in [0.3, 0.4) is 0 Å². The molecule has 2 unspecified atom stereocenters. The fourth-order valence-corrected chi connectivity index (χ4v) is 12.4. The third-order valence-electron chi connectivity index (χ3n) is 5.37. The molecule has 0 aromatic rings. The van der Waals surface area contributed by atoms with Gasteiger partial charge in [0.25, 0.3) is 14.3 Å². The Bertz CT molecular complexity index is 429. The summed E-state index contributed by atoms with van der Waals surface area (Å²) in [6.45, 7) is 22.7. The van der Waals surface area contributed by atoms with Crippen molar-refractivity contribution < 1.29 is 22.5 Å². The molecule has 0 aromatic heterocycles. The number of hydrogen-bond acceptors (Lipinski definition) is 5. The van der Waals surface area contributed by atoms with Gasteiger partial charge in [0.15, 0.2) is 0 Å². The highest BCUT2D eigenvalue weighted by atomic mass is 28.4. The highest BCUT2D eigenvalue weighted by molar-refractivity contribution is 6.76. The minimum absolute atomic E-state index is 0.103. The highest BCUT2D eigenvalue weighted by Crippen LogP contribution is 2.39. The Morgan fingerprint density at radius 1 is 0.724 bits per heavy atom. The van der Waals surface area contributed by atoms with Gasteiger partial charge in [0.2, 0.25) is 0 Å². The van der Waals surface area contributed by atoms with Crippen molar-refractivity contribution in [3.63, 3.8) is 0 Å². The molecule has 2 atom stereocenters. The van der Waals surface area contributed by atoms with Crippen molar-refractivity contribution in [3.05, 3.63) is 0 Å². The molecule has 0 fully saturated rings. The van der Waals surface area contributed by atoms with Crippen LogP contribution in [0.4, 0.5) is 0 Å². The molecule has 174 valence electrons. The summed E-state index contributed by atoms with van der Waals surface area (Å²) in [6.07, 6.45) is 1.04. The van der Waals surface area contributed by atoms with Crippen LogP contribution in [0, 0.1) is 17.8 Å². The highest BCUT2D eigenvalue weighted by Gasteiger charge is 2.48. The van der Waals surface area contributed by atoms with Crippen molar-refractivity contribution >= 4 is 23.1 Å². The Morgan fingerprint density at radius 2 is 1.14 bits per heavy atom. The van der Waals surface area contributed by atoms with Crippen molar-refractivity contribution in [3.8, 4) is 0 Å². The average Bonchev–Trinajstić information content (AvgIpc) is 2.60. The molecular formula is C22H48O5Si2. The molecule has 0 spiro atoms. The van der Waals surface area contributed by atoms with Gasteiger partial charge in [0.1, 0.15) is 0 Å². The fourth-order valence-electron chi connectivity index (χ4n) is 4.14. The van der Waals surface area contributed by atoms with Crippen molar-refractivity contribution in [1.29, 1.82) is 0 Å². The molecule has 5 nitrogen and oxygen atoms in total. The second kappa shape index (κ2) is 14.0. The molecule has 0 aliphatic carbocycles. The first-order valence-electron chi connectivity index (χ1n) is 11.7. The van der Waals surface area contributed by atoms with Crippen molar-refractivity contribution in [2.24, 2.45) is 17.8 Å². The summed E-state index contributed by atoms with van der Waals surface area (Å²) in [4.78, 5) is 13.3. The smallest absolute Gasteiger partial charge is 0.501 e. The second-order valence-electron chi connectivity index (χ2n) is 9.08. The Morgan fingerprint density at radius 3 is 1.45 bits per heavy atom. The van der Waals surface area contributed by atoms with Gasteiger partial charge in [-0.05, 0) is 50.2 Å². The van der Waals surface area contributed by atoms with E-state index in [1.165, 1.54) is 0 Å². The lowest BCUT2D eigenvalue weighted by Crippen LogP contribution is -2.50. The largest absolute Gasteiger partial charge is 0.519 e. The van der Waals surface area contributed by atoms with E-state index in [0.717, 1.165) is 18.5 Å². The summed E-state index contributed by atoms with van der Waals surface area (Å²) in [5.74, 6) is 0.623. The quantitative estimate of drug-likeness (QED) is 0.260. The standard InChI is InChI=1S/C22H48O5Si2/c1-11-21(10)28(15-18(5)6,16-19(7)8)27-22(23)20(9)17-29(24-12-2,25-13-3)26-14-4/h18-21H,11-17H2,1-10H3. The Balaban J connectivity index is 5.64. The lowest BCUT2D eigenvalue weighted by atomic mass is 10.2. The zero-order valence-electron chi connectivity index (χ0n) is 20.8. The van der Waals surface area contributed by atoms with Crippen LogP contribution >= 0.6 is 0 Å². The first kappa shape index (κ1) is 28.8. The van der Waals surface area contributed by atoms with Crippen LogP contribution in [0.1, 0.15) is 75.7 Å². The number of hydrogen-bond donors (Lipinski definition) is 0. The summed E-state index contributed by atoms with van der Waals surface area (Å²) in [5, 5.41) is 0. The predicted octanol–water partition coefficient (Wildman–Crippen LogP) is 6.27. The monoisotopic (exact) mass is 448 g/mol. The first-order chi connectivity index (χ1) is 13.5. The van der Waals surface area contributed by atoms with Crippen LogP contribution in [0.5, 0.6) is 0 Å². The summed E-state index contributed by atoms with van der Waals surface area (Å²) < 4.78 is 24.4. The molecular weight excluding hydrogens is 400 g/mol. The van der Waals surface area contributed by atoms with Gasteiger partial charge in [-0.15, -0.1) is 0 Å². The van der Waals surface area contributed by atoms with Crippen molar-refractivity contribution in [2.75, 3.05) is 19.8 Å². The molecule has 0 aliphatic heterocycles. The van der Waals surface area contributed by atoms with Crippen LogP contribution in [0.15, 0.2) is 0 Å². The van der Waals surface area contributed by atoms with Gasteiger partial charge in [0, 0.05) is 25.9 Å². The normalized spacial score (nSPS) is 15.0. The van der Waals surface area contributed by atoms with E-state index in [0.29, 0.717) is 43.2 Å². The summed E-state index contributed by atoms with van der Waals surface area (Å²) >= 11 is 0. The van der Waals surface area contributed by atoms with E-state index in [1.54, 1.807) is 0 Å². The molecule has 0 heterocycles. The zero-order valence-corrected chi connectivity index (χ0v) is 22.8. The molecule has 7 heteroatoms. The van der Waals surface area contributed by atoms with Crippen LogP contribution < -0.4 is 0 Å². The minimum Gasteiger partial charge on any atom is -0.519 e. The molecule has 0 amide bonds. The van der Waals surface area contributed by atoms with Gasteiger partial charge >= 0.3 is 8.80 Å². The van der Waals surface area contributed by atoms with Gasteiger partial charge in [0.05, 0.1) is 5.92 Å². The third-order valence-corrected chi connectivity index (χ3v) is 14.5. The SMILES string of the molecule is CCO[Si](CC(C)C(=O)O[Si](CC(C)C)(CC(C)C)C(C)CC)(OCC)OCC. The molecule has 0 radical (unpaired) electrons. The van der Waals surface area contributed by atoms with Crippen molar-refractivity contribution in [1.82, 2.24) is 0 Å². The maximum atomic E-state index is 13.3. The Hall–Kier alpha value is -0.216. The number of carbonyl (C=O) groups is 1. The van der Waals surface area contributed by atoms with Crippen LogP contribution in [0.2, 0.25) is 23.7 Å². The summed E-state index contributed by atoms with van der Waals surface area (Å²) in [5.41, 5.74) is 0.441. The van der Waals surface area contributed by atoms with E-state index < -0.39 is 17.1 Å². The predicted molar refractivity (Wildman–Crippen MR) is 125 cm³/mol. The molecule has 0 rings (SSSR count). The topological polar surface area (TPSA) is 54.0 Å². The van der Waals surface area contributed by atoms with E-state index >= 15 is 0 Å². The second-order valence-corrected chi connectivity index (χ2v) is 15.9. The molecule has 0 aliphatic rings. The zero-order chi connectivity index (χ0) is 22.7. The van der Waals surface area contributed by atoms with Gasteiger partial charge in [-0.3, -0.25) is 4.79 Å². The molecule has 0 N–H and O–H groups in total. The van der Waals surface area contributed by atoms with E-state index in [1.807, 2.05) is 27.7 Å². The summed E-state index contributed by atoms with van der Waals surface area (Å²) in [7, 11) is -5.12. The molecule has 0 saturated heterocycles. The molecule has 0 bridgehead atoms. The lowest BCUT2D eigenvalue weighted by Gasteiger charge is -2.39. The summed E-state index contributed by atoms with van der Waals surface area (Å²) in [6, 6.07) is 2.50. The number of carbonyl (C=O) groups excluding carboxylic acids is 1. The molecule has 0 saturated carbocycles. The number of rotatable bonds is 16. The first-order valence-corrected chi connectivity index (χ1v) is 16.0. The van der Waals surface area contributed by atoms with Gasteiger partial charge < -0.3 is 17.7 Å². The molecule has 0 aromatic carbocycles. The Kier molecular flexibility index (Phi) is 13.9. The molecule has 29 heavy (non-hydrogen) atoms. The maximum absolute atomic E-state index is 13.3. The minimum atomic E-state index is -2.88. The maximum Gasteiger partial charge on any atom is 0.501 e. The van der Waals surface area contributed by atoms with Gasteiger partial charge in [-0.2, -0.15) is 0 Å². The van der Waals surface area contributed by atoms with E-state index in [2.05, 4.69) is 41.5 Å². The van der Waals surface area contributed by atoms with Gasteiger partial charge in [-0.1, -0.05) is 54.9 Å². The van der Waals surface area contributed by atoms with E-state index in [9.17, 15) is 4.79 Å². The lowest BCUT2D eigenvalue weighted by molar-refractivity contribution is -0.139. The van der Waals surface area contributed by atoms with E-state index in [-0.39, 0.29) is 11.9 Å². The average molecular weight is 449 g/mol. The Labute approximate surface area is 182 Å². The van der Waals surface area contributed by atoms with Crippen LogP contribution in [0.25, 0.3) is 0 Å². The fraction of sp³-hybridized carbons (Fsp3) is 0.955. The van der Waals surface area contributed by atoms with Crippen molar-refractivity contribution in [2.45, 2.75) is 99.3 Å². The van der Waals surface area contributed by atoms with Crippen LogP contribution in [-0.4, -0.2) is 42.9 Å².